The number of rotatable bonds is 5. The Morgan fingerprint density at radius 3 is 2.60 bits per heavy atom. The molecule has 0 bridgehead atoms. The van der Waals surface area contributed by atoms with Gasteiger partial charge in [0.1, 0.15) is 5.75 Å². The predicted octanol–water partition coefficient (Wildman–Crippen LogP) is 4.69. The van der Waals surface area contributed by atoms with Crippen LogP contribution < -0.4 is 10.5 Å². The third-order valence-electron chi connectivity index (χ3n) is 4.23. The molecule has 2 nitrogen and oxygen atoms in total. The zero-order valence-electron chi connectivity index (χ0n) is 12.6. The van der Waals surface area contributed by atoms with Gasteiger partial charge in [0.15, 0.2) is 0 Å². The van der Waals surface area contributed by atoms with Gasteiger partial charge in [-0.1, -0.05) is 29.3 Å². The Balaban J connectivity index is 1.96. The van der Waals surface area contributed by atoms with E-state index in [1.807, 2.05) is 6.92 Å². The van der Waals surface area contributed by atoms with E-state index in [2.05, 4.69) is 41.1 Å². The molecule has 1 saturated carbocycles. The number of nitrogens with two attached hydrogens (primary N) is 1. The highest BCUT2D eigenvalue weighted by Gasteiger charge is 2.21. The van der Waals surface area contributed by atoms with E-state index >= 15 is 0 Å². The summed E-state index contributed by atoms with van der Waals surface area (Å²) in [6, 6.07) is 6.44. The lowest BCUT2D eigenvalue weighted by atomic mass is 9.86. The third kappa shape index (κ3) is 4.49. The summed E-state index contributed by atoms with van der Waals surface area (Å²) in [5, 5.41) is 0. The van der Waals surface area contributed by atoms with Crippen LogP contribution in [0.15, 0.2) is 22.7 Å². The molecule has 2 N–H and O–H groups in total. The number of hydrogen-bond donors (Lipinski definition) is 1. The topological polar surface area (TPSA) is 35.2 Å². The van der Waals surface area contributed by atoms with Crippen molar-refractivity contribution in [1.82, 2.24) is 0 Å². The van der Waals surface area contributed by atoms with Gasteiger partial charge in [0, 0.05) is 10.5 Å². The third-order valence-corrected chi connectivity index (χ3v) is 5.01. The summed E-state index contributed by atoms with van der Waals surface area (Å²) in [5.41, 5.74) is 7.13. The molecular formula is C17H26BrNO. The van der Waals surface area contributed by atoms with Gasteiger partial charge in [-0.15, -0.1) is 0 Å². The van der Waals surface area contributed by atoms with E-state index in [9.17, 15) is 0 Å². The smallest absolute Gasteiger partial charge is 0.120 e. The number of hydrogen-bond acceptors (Lipinski definition) is 2. The standard InChI is InChI=1S/C17H26BrNO/c1-3-13-4-6-15(7-5-13)20-16-8-9-17(18)14(11-16)10-12(2)19/h8-9,11-13,15H,3-7,10,19H2,1-2H3. The molecule has 1 aliphatic carbocycles. The van der Waals surface area contributed by atoms with Crippen LogP contribution in [0.3, 0.4) is 0 Å². The van der Waals surface area contributed by atoms with E-state index in [1.54, 1.807) is 0 Å². The first-order chi connectivity index (χ1) is 9.58. The maximum absolute atomic E-state index is 6.16. The maximum atomic E-state index is 6.16. The molecule has 0 spiro atoms. The predicted molar refractivity (Wildman–Crippen MR) is 88.2 cm³/mol. The van der Waals surface area contributed by atoms with E-state index in [1.165, 1.54) is 37.7 Å². The van der Waals surface area contributed by atoms with E-state index in [0.717, 1.165) is 22.6 Å². The number of ether oxygens (including phenoxy) is 1. The Kier molecular flexibility index (Phi) is 5.91. The van der Waals surface area contributed by atoms with Crippen LogP contribution in [-0.4, -0.2) is 12.1 Å². The van der Waals surface area contributed by atoms with E-state index in [-0.39, 0.29) is 6.04 Å². The lowest BCUT2D eigenvalue weighted by Crippen LogP contribution is -2.24. The summed E-state index contributed by atoms with van der Waals surface area (Å²) in [4.78, 5) is 0. The average Bonchev–Trinajstić information content (AvgIpc) is 2.43. The fraction of sp³-hybridized carbons (Fsp3) is 0.647. The second-order valence-corrected chi connectivity index (χ2v) is 6.96. The summed E-state index contributed by atoms with van der Waals surface area (Å²) in [6.45, 7) is 4.33. The molecule has 0 amide bonds. The van der Waals surface area contributed by atoms with Crippen molar-refractivity contribution < 1.29 is 4.74 Å². The lowest BCUT2D eigenvalue weighted by Gasteiger charge is -2.28. The van der Waals surface area contributed by atoms with Gasteiger partial charge in [0.25, 0.3) is 0 Å². The highest BCUT2D eigenvalue weighted by Crippen LogP contribution is 2.31. The minimum Gasteiger partial charge on any atom is -0.490 e. The largest absolute Gasteiger partial charge is 0.490 e. The van der Waals surface area contributed by atoms with Crippen LogP contribution in [0.5, 0.6) is 5.75 Å². The maximum Gasteiger partial charge on any atom is 0.120 e. The molecule has 0 saturated heterocycles. The van der Waals surface area contributed by atoms with Gasteiger partial charge in [0.05, 0.1) is 6.10 Å². The molecular weight excluding hydrogens is 314 g/mol. The molecule has 1 unspecified atom stereocenters. The van der Waals surface area contributed by atoms with Gasteiger partial charge in [-0.25, -0.2) is 0 Å². The molecule has 112 valence electrons. The Morgan fingerprint density at radius 2 is 2.00 bits per heavy atom. The van der Waals surface area contributed by atoms with Crippen molar-refractivity contribution in [3.8, 4) is 5.75 Å². The Bertz CT molecular complexity index is 425. The van der Waals surface area contributed by atoms with Crippen molar-refractivity contribution in [3.63, 3.8) is 0 Å². The van der Waals surface area contributed by atoms with Crippen molar-refractivity contribution in [1.29, 1.82) is 0 Å². The van der Waals surface area contributed by atoms with Crippen molar-refractivity contribution in [2.45, 2.75) is 64.5 Å². The highest BCUT2D eigenvalue weighted by molar-refractivity contribution is 9.10. The van der Waals surface area contributed by atoms with Gasteiger partial charge in [-0.3, -0.25) is 0 Å². The van der Waals surface area contributed by atoms with Crippen LogP contribution in [0.2, 0.25) is 0 Å². The van der Waals surface area contributed by atoms with Crippen LogP contribution in [0, 0.1) is 5.92 Å². The normalized spacial score (nSPS) is 24.4. The molecule has 1 aliphatic rings. The van der Waals surface area contributed by atoms with Gasteiger partial charge >= 0.3 is 0 Å². The van der Waals surface area contributed by atoms with Crippen LogP contribution in [0.1, 0.15) is 51.5 Å². The minimum atomic E-state index is 0.168. The van der Waals surface area contributed by atoms with Gasteiger partial charge in [0.2, 0.25) is 0 Å². The molecule has 2 rings (SSSR count). The zero-order valence-corrected chi connectivity index (χ0v) is 14.2. The van der Waals surface area contributed by atoms with Crippen molar-refractivity contribution >= 4 is 15.9 Å². The minimum absolute atomic E-state index is 0.168. The molecule has 0 aromatic heterocycles. The molecule has 0 aliphatic heterocycles. The Hall–Kier alpha value is -0.540. The van der Waals surface area contributed by atoms with Crippen molar-refractivity contribution in [2.75, 3.05) is 0 Å². The molecule has 0 heterocycles. The summed E-state index contributed by atoms with van der Waals surface area (Å²) in [5.74, 6) is 1.90. The first-order valence-corrected chi connectivity index (χ1v) is 8.58. The molecule has 1 aromatic rings. The van der Waals surface area contributed by atoms with Crippen LogP contribution in [-0.2, 0) is 6.42 Å². The van der Waals surface area contributed by atoms with Gasteiger partial charge in [-0.2, -0.15) is 0 Å². The summed E-state index contributed by atoms with van der Waals surface area (Å²) < 4.78 is 7.29. The van der Waals surface area contributed by atoms with Crippen molar-refractivity contribution in [3.05, 3.63) is 28.2 Å². The number of benzene rings is 1. The summed E-state index contributed by atoms with van der Waals surface area (Å²) in [7, 11) is 0. The molecule has 20 heavy (non-hydrogen) atoms. The fourth-order valence-electron chi connectivity index (χ4n) is 2.98. The van der Waals surface area contributed by atoms with E-state index in [4.69, 9.17) is 10.5 Å². The van der Waals surface area contributed by atoms with Crippen molar-refractivity contribution in [2.24, 2.45) is 11.7 Å². The van der Waals surface area contributed by atoms with Gasteiger partial charge in [-0.05, 0) is 68.7 Å². The summed E-state index contributed by atoms with van der Waals surface area (Å²) in [6.07, 6.45) is 7.58. The number of halogens is 1. The second-order valence-electron chi connectivity index (χ2n) is 6.10. The molecule has 0 radical (unpaired) electrons. The highest BCUT2D eigenvalue weighted by atomic mass is 79.9. The van der Waals surface area contributed by atoms with E-state index < -0.39 is 0 Å². The Morgan fingerprint density at radius 1 is 1.30 bits per heavy atom. The second kappa shape index (κ2) is 7.46. The lowest BCUT2D eigenvalue weighted by molar-refractivity contribution is 0.130. The average molecular weight is 340 g/mol. The molecule has 1 atom stereocenters. The van der Waals surface area contributed by atoms with E-state index in [0.29, 0.717) is 6.10 Å². The molecule has 1 fully saturated rings. The van der Waals surface area contributed by atoms with Gasteiger partial charge < -0.3 is 10.5 Å². The monoisotopic (exact) mass is 339 g/mol. The quantitative estimate of drug-likeness (QED) is 0.844. The Labute approximate surface area is 131 Å². The molecule has 1 aromatic carbocycles. The van der Waals surface area contributed by atoms with Crippen LogP contribution >= 0.6 is 15.9 Å². The first kappa shape index (κ1) is 15.8. The zero-order chi connectivity index (χ0) is 14.5. The summed E-state index contributed by atoms with van der Waals surface area (Å²) >= 11 is 3.59. The molecule has 3 heteroatoms. The van der Waals surface area contributed by atoms with Crippen LogP contribution in [0.4, 0.5) is 0 Å². The first-order valence-electron chi connectivity index (χ1n) is 7.79. The fourth-order valence-corrected chi connectivity index (χ4v) is 3.39. The van der Waals surface area contributed by atoms with Crippen LogP contribution in [0.25, 0.3) is 0 Å². The SMILES string of the molecule is CCC1CCC(Oc2ccc(Br)c(CC(C)N)c2)CC1.